The highest BCUT2D eigenvalue weighted by molar-refractivity contribution is 7.89. The van der Waals surface area contributed by atoms with Crippen LogP contribution in [0, 0.1) is 12.8 Å². The highest BCUT2D eigenvalue weighted by atomic mass is 32.2. The Morgan fingerprint density at radius 3 is 3.00 bits per heavy atom. The summed E-state index contributed by atoms with van der Waals surface area (Å²) in [6, 6.07) is 0. The second kappa shape index (κ2) is 6.32. The zero-order valence-electron chi connectivity index (χ0n) is 10.9. The van der Waals surface area contributed by atoms with Crippen molar-refractivity contribution in [2.24, 2.45) is 5.92 Å². The minimum absolute atomic E-state index is 0.233. The summed E-state index contributed by atoms with van der Waals surface area (Å²) >= 11 is 1.27. The molecule has 0 saturated carbocycles. The van der Waals surface area contributed by atoms with Crippen LogP contribution in [0.2, 0.25) is 0 Å². The molecule has 0 spiro atoms. The smallest absolute Gasteiger partial charge is 0.242 e. The van der Waals surface area contributed by atoms with Crippen molar-refractivity contribution in [3.63, 3.8) is 0 Å². The molecule has 0 aliphatic carbocycles. The minimum atomic E-state index is -3.54. The summed E-state index contributed by atoms with van der Waals surface area (Å²) in [4.78, 5) is 0.724. The van der Waals surface area contributed by atoms with Crippen molar-refractivity contribution in [1.82, 2.24) is 4.72 Å². The lowest BCUT2D eigenvalue weighted by atomic mass is 10.0. The van der Waals surface area contributed by atoms with Crippen LogP contribution in [0.5, 0.6) is 0 Å². The van der Waals surface area contributed by atoms with E-state index in [4.69, 9.17) is 4.74 Å². The first-order valence-corrected chi connectivity index (χ1v) is 8.66. The second-order valence-electron chi connectivity index (χ2n) is 4.76. The molecule has 5 nitrogen and oxygen atoms in total. The van der Waals surface area contributed by atoms with Gasteiger partial charge in [0, 0.05) is 13.2 Å². The van der Waals surface area contributed by atoms with Crippen LogP contribution in [-0.4, -0.2) is 33.3 Å². The van der Waals surface area contributed by atoms with Crippen LogP contribution in [0.15, 0.2) is 10.3 Å². The third-order valence-corrected chi connectivity index (χ3v) is 6.09. The van der Waals surface area contributed by atoms with Gasteiger partial charge in [0.05, 0.1) is 18.1 Å². The molecule has 0 amide bonds. The lowest BCUT2D eigenvalue weighted by Gasteiger charge is -2.22. The first-order chi connectivity index (χ1) is 9.04. The molecule has 108 valence electrons. The number of rotatable bonds is 5. The Balaban J connectivity index is 2.07. The summed E-state index contributed by atoms with van der Waals surface area (Å²) in [5.41, 5.74) is 0.682. The molecule has 0 bridgehead atoms. The van der Waals surface area contributed by atoms with E-state index in [0.29, 0.717) is 23.6 Å². The maximum absolute atomic E-state index is 12.3. The van der Waals surface area contributed by atoms with Gasteiger partial charge < -0.3 is 9.84 Å². The third-order valence-electron chi connectivity index (χ3n) is 3.22. The predicted octanol–water partition coefficient (Wildman–Crippen LogP) is 1.25. The number of aliphatic hydroxyl groups excluding tert-OH is 1. The maximum Gasteiger partial charge on any atom is 0.242 e. The van der Waals surface area contributed by atoms with Gasteiger partial charge in [-0.05, 0) is 36.6 Å². The zero-order valence-corrected chi connectivity index (χ0v) is 12.5. The molecule has 0 aromatic carbocycles. The molecule has 1 aliphatic heterocycles. The Morgan fingerprint density at radius 2 is 2.37 bits per heavy atom. The normalized spacial score (nSPS) is 20.6. The monoisotopic (exact) mass is 305 g/mol. The number of hydrogen-bond acceptors (Lipinski definition) is 5. The van der Waals surface area contributed by atoms with Gasteiger partial charge in [0.1, 0.15) is 4.90 Å². The highest BCUT2D eigenvalue weighted by Gasteiger charge is 2.24. The highest BCUT2D eigenvalue weighted by Crippen LogP contribution is 2.27. The third kappa shape index (κ3) is 3.55. The van der Waals surface area contributed by atoms with Crippen LogP contribution in [0.3, 0.4) is 0 Å². The summed E-state index contributed by atoms with van der Waals surface area (Å²) < 4.78 is 32.5. The van der Waals surface area contributed by atoms with Gasteiger partial charge >= 0.3 is 0 Å². The van der Waals surface area contributed by atoms with Gasteiger partial charge in [0.25, 0.3) is 0 Å². The first kappa shape index (κ1) is 14.9. The standard InChI is InChI=1S/C12H19NO4S2/c1-9-8-18-11(6-14)12(9)19(15,16)13-5-10-3-2-4-17-7-10/h8,10,13-14H,2-7H2,1H3. The van der Waals surface area contributed by atoms with Gasteiger partial charge in [0.15, 0.2) is 0 Å². The van der Waals surface area contributed by atoms with Crippen LogP contribution in [-0.2, 0) is 21.4 Å². The summed E-state index contributed by atoms with van der Waals surface area (Å²) in [6.45, 7) is 3.26. The van der Waals surface area contributed by atoms with Crippen LogP contribution in [0.25, 0.3) is 0 Å². The summed E-state index contributed by atoms with van der Waals surface area (Å²) in [5.74, 6) is 0.236. The number of hydrogen-bond donors (Lipinski definition) is 2. The van der Waals surface area contributed by atoms with E-state index in [-0.39, 0.29) is 17.4 Å². The molecular formula is C12H19NO4S2. The molecule has 0 radical (unpaired) electrons. The molecule has 1 aromatic rings. The van der Waals surface area contributed by atoms with Crippen molar-refractivity contribution in [3.05, 3.63) is 15.8 Å². The molecule has 1 saturated heterocycles. The molecule has 1 aromatic heterocycles. The zero-order chi connectivity index (χ0) is 13.9. The van der Waals surface area contributed by atoms with Crippen LogP contribution >= 0.6 is 11.3 Å². The molecule has 2 rings (SSSR count). The van der Waals surface area contributed by atoms with E-state index in [9.17, 15) is 13.5 Å². The topological polar surface area (TPSA) is 75.6 Å². The van der Waals surface area contributed by atoms with Crippen LogP contribution in [0.1, 0.15) is 23.3 Å². The van der Waals surface area contributed by atoms with Gasteiger partial charge in [-0.3, -0.25) is 0 Å². The second-order valence-corrected chi connectivity index (χ2v) is 7.43. The van der Waals surface area contributed by atoms with Crippen molar-refractivity contribution in [3.8, 4) is 0 Å². The summed E-state index contributed by atoms with van der Waals surface area (Å²) in [5, 5.41) is 11.0. The number of sulfonamides is 1. The van der Waals surface area contributed by atoms with Gasteiger partial charge in [-0.1, -0.05) is 0 Å². The lowest BCUT2D eigenvalue weighted by Crippen LogP contribution is -2.33. The SMILES string of the molecule is Cc1csc(CO)c1S(=O)(=O)NCC1CCCOC1. The largest absolute Gasteiger partial charge is 0.391 e. The average Bonchev–Trinajstić information content (AvgIpc) is 2.80. The fourth-order valence-electron chi connectivity index (χ4n) is 2.23. The molecule has 2 N–H and O–H groups in total. The van der Waals surface area contributed by atoms with Crippen molar-refractivity contribution in [2.75, 3.05) is 19.8 Å². The molecule has 1 unspecified atom stereocenters. The Bertz CT molecular complexity index is 518. The van der Waals surface area contributed by atoms with Crippen molar-refractivity contribution in [2.45, 2.75) is 31.3 Å². The fourth-order valence-corrected chi connectivity index (χ4v) is 5.00. The van der Waals surface area contributed by atoms with Crippen molar-refractivity contribution < 1.29 is 18.3 Å². The molecule has 19 heavy (non-hydrogen) atoms. The van der Waals surface area contributed by atoms with Gasteiger partial charge in [-0.2, -0.15) is 0 Å². The molecule has 7 heteroatoms. The van der Waals surface area contributed by atoms with E-state index in [0.717, 1.165) is 19.4 Å². The number of nitrogens with one attached hydrogen (secondary N) is 1. The number of aryl methyl sites for hydroxylation is 1. The van der Waals surface area contributed by atoms with Crippen molar-refractivity contribution >= 4 is 21.4 Å². The van der Waals surface area contributed by atoms with Gasteiger partial charge in [0.2, 0.25) is 10.0 Å². The Labute approximate surface area is 117 Å². The van der Waals surface area contributed by atoms with Crippen LogP contribution in [0.4, 0.5) is 0 Å². The summed E-state index contributed by atoms with van der Waals surface area (Å²) in [6.07, 6.45) is 1.96. The average molecular weight is 305 g/mol. The quantitative estimate of drug-likeness (QED) is 0.858. The van der Waals surface area contributed by atoms with E-state index in [1.54, 1.807) is 12.3 Å². The number of thiophene rings is 1. The van der Waals surface area contributed by atoms with Gasteiger partial charge in [-0.15, -0.1) is 11.3 Å². The molecule has 2 heterocycles. The number of ether oxygens (including phenoxy) is 1. The molecule has 1 aliphatic rings. The van der Waals surface area contributed by atoms with Crippen LogP contribution < -0.4 is 4.72 Å². The molecule has 1 atom stereocenters. The van der Waals surface area contributed by atoms with E-state index >= 15 is 0 Å². The Kier molecular flexibility index (Phi) is 4.97. The minimum Gasteiger partial charge on any atom is -0.391 e. The van der Waals surface area contributed by atoms with Crippen molar-refractivity contribution in [1.29, 1.82) is 0 Å². The summed E-state index contributed by atoms with van der Waals surface area (Å²) in [7, 11) is -3.54. The van der Waals surface area contributed by atoms with E-state index in [1.807, 2.05) is 0 Å². The Morgan fingerprint density at radius 1 is 1.58 bits per heavy atom. The number of aliphatic hydroxyl groups is 1. The predicted molar refractivity (Wildman–Crippen MR) is 73.7 cm³/mol. The van der Waals surface area contributed by atoms with E-state index in [1.165, 1.54) is 11.3 Å². The van der Waals surface area contributed by atoms with E-state index in [2.05, 4.69) is 4.72 Å². The Hall–Kier alpha value is -0.470. The molecular weight excluding hydrogens is 286 g/mol. The molecule has 1 fully saturated rings. The van der Waals surface area contributed by atoms with E-state index < -0.39 is 10.0 Å². The first-order valence-electron chi connectivity index (χ1n) is 6.30. The lowest BCUT2D eigenvalue weighted by molar-refractivity contribution is 0.0568. The maximum atomic E-state index is 12.3. The fraction of sp³-hybridized carbons (Fsp3) is 0.667. The van der Waals surface area contributed by atoms with Gasteiger partial charge in [-0.25, -0.2) is 13.1 Å².